The molecule has 0 aromatic carbocycles. The fourth-order valence-electron chi connectivity index (χ4n) is 7.13. The lowest BCUT2D eigenvalue weighted by Crippen LogP contribution is -2.45. The topological polar surface area (TPSA) is 108 Å². The number of phosphoric ester groups is 1. The molecule has 0 aromatic heterocycles. The van der Waals surface area contributed by atoms with E-state index in [-0.39, 0.29) is 19.1 Å². The molecule has 0 aromatic rings. The molecular weight excluding hydrogens is 840 g/mol. The van der Waals surface area contributed by atoms with E-state index in [0.717, 1.165) is 89.9 Å². The molecule has 0 saturated heterocycles. The molecule has 0 spiro atoms. The van der Waals surface area contributed by atoms with Gasteiger partial charge in [0.15, 0.2) is 0 Å². The summed E-state index contributed by atoms with van der Waals surface area (Å²) in [5.74, 6) is -0.209. The summed E-state index contributed by atoms with van der Waals surface area (Å²) in [6.07, 6.45) is 67.5. The SMILES string of the molecule is CC/C=C\C/C=C\C/C=C\C/C=C\C/C=C\C/C=C\C/C=C\CCCCCCCCCCCC(=O)NC(COP(=O)([O-])OCC[N+](C)(C)C)C(O)/C=C/CCCCCCCCCCCCC. The monoisotopic (exact) mass is 941 g/mol. The lowest BCUT2D eigenvalue weighted by molar-refractivity contribution is -0.870. The first-order valence-corrected chi connectivity index (χ1v) is 28.1. The molecule has 3 unspecified atom stereocenters. The van der Waals surface area contributed by atoms with Crippen molar-refractivity contribution in [1.82, 2.24) is 5.32 Å². The molecule has 9 heteroatoms. The number of aliphatic hydroxyl groups is 1. The van der Waals surface area contributed by atoms with Crippen LogP contribution in [0.25, 0.3) is 0 Å². The Labute approximate surface area is 407 Å². The van der Waals surface area contributed by atoms with Crippen LogP contribution < -0.4 is 10.2 Å². The first-order chi connectivity index (χ1) is 32.0. The maximum atomic E-state index is 12.9. The number of allylic oxidation sites excluding steroid dienone is 15. The van der Waals surface area contributed by atoms with Crippen molar-refractivity contribution in [2.75, 3.05) is 40.9 Å². The molecule has 2 N–H and O–H groups in total. The third-order valence-electron chi connectivity index (χ3n) is 11.3. The van der Waals surface area contributed by atoms with Crippen molar-refractivity contribution in [1.29, 1.82) is 0 Å². The van der Waals surface area contributed by atoms with Gasteiger partial charge in [0.25, 0.3) is 7.82 Å². The van der Waals surface area contributed by atoms with Crippen LogP contribution in [0.4, 0.5) is 0 Å². The summed E-state index contributed by atoms with van der Waals surface area (Å²) in [5.41, 5.74) is 0. The number of amides is 1. The van der Waals surface area contributed by atoms with E-state index in [4.69, 9.17) is 9.05 Å². The normalized spacial score (nSPS) is 14.8. The number of rotatable bonds is 47. The quantitative estimate of drug-likeness (QED) is 0.0272. The Balaban J connectivity index is 4.21. The molecule has 8 nitrogen and oxygen atoms in total. The predicted molar refractivity (Wildman–Crippen MR) is 283 cm³/mol. The van der Waals surface area contributed by atoms with E-state index < -0.39 is 20.0 Å². The number of carbonyl (C=O) groups excluding carboxylic acids is 1. The summed E-state index contributed by atoms with van der Waals surface area (Å²) in [6.45, 7) is 4.51. The summed E-state index contributed by atoms with van der Waals surface area (Å²) in [7, 11) is 1.24. The Hall–Kier alpha value is -2.58. The van der Waals surface area contributed by atoms with Gasteiger partial charge in [-0.05, 0) is 77.0 Å². The highest BCUT2D eigenvalue weighted by Crippen LogP contribution is 2.38. The average Bonchev–Trinajstić information content (AvgIpc) is 3.28. The number of nitrogens with zero attached hydrogens (tertiary/aromatic N) is 1. The van der Waals surface area contributed by atoms with E-state index in [9.17, 15) is 19.4 Å². The Morgan fingerprint density at radius 1 is 0.545 bits per heavy atom. The van der Waals surface area contributed by atoms with Crippen molar-refractivity contribution in [3.63, 3.8) is 0 Å². The molecule has 0 fully saturated rings. The van der Waals surface area contributed by atoms with Crippen molar-refractivity contribution >= 4 is 13.7 Å². The summed E-state index contributed by atoms with van der Waals surface area (Å²) < 4.78 is 23.3. The predicted octanol–water partition coefficient (Wildman–Crippen LogP) is 15.2. The van der Waals surface area contributed by atoms with E-state index >= 15 is 0 Å². The van der Waals surface area contributed by atoms with Gasteiger partial charge in [-0.3, -0.25) is 9.36 Å². The van der Waals surface area contributed by atoms with Gasteiger partial charge in [-0.25, -0.2) is 0 Å². The van der Waals surface area contributed by atoms with Gasteiger partial charge >= 0.3 is 0 Å². The largest absolute Gasteiger partial charge is 0.756 e. The lowest BCUT2D eigenvalue weighted by Gasteiger charge is -2.29. The van der Waals surface area contributed by atoms with Gasteiger partial charge < -0.3 is 28.8 Å². The molecule has 0 heterocycles. The fourth-order valence-corrected chi connectivity index (χ4v) is 7.85. The first kappa shape index (κ1) is 63.4. The lowest BCUT2D eigenvalue weighted by atomic mass is 10.0. The van der Waals surface area contributed by atoms with Gasteiger partial charge in [0.05, 0.1) is 39.9 Å². The van der Waals surface area contributed by atoms with Crippen molar-refractivity contribution in [3.05, 3.63) is 97.2 Å². The minimum atomic E-state index is -4.60. The summed E-state index contributed by atoms with van der Waals surface area (Å²) >= 11 is 0. The van der Waals surface area contributed by atoms with Crippen LogP contribution in [-0.2, 0) is 18.4 Å². The molecular formula is C57H101N2O6P. The maximum Gasteiger partial charge on any atom is 0.268 e. The molecule has 0 aliphatic rings. The van der Waals surface area contributed by atoms with Gasteiger partial charge in [-0.2, -0.15) is 0 Å². The zero-order chi connectivity index (χ0) is 48.5. The van der Waals surface area contributed by atoms with E-state index in [1.165, 1.54) is 96.3 Å². The number of likely N-dealkylation sites (N-methyl/N-ethyl adjacent to an activating group) is 1. The molecule has 0 bridgehead atoms. The second-order valence-electron chi connectivity index (χ2n) is 18.9. The van der Waals surface area contributed by atoms with Gasteiger partial charge in [0, 0.05) is 6.42 Å². The minimum absolute atomic E-state index is 0.00679. The maximum absolute atomic E-state index is 12.9. The van der Waals surface area contributed by atoms with Crippen LogP contribution in [0.2, 0.25) is 0 Å². The summed E-state index contributed by atoms with van der Waals surface area (Å²) in [5, 5.41) is 13.8. The zero-order valence-corrected chi connectivity index (χ0v) is 44.0. The van der Waals surface area contributed by atoms with E-state index in [1.807, 2.05) is 27.2 Å². The number of hydrogen-bond acceptors (Lipinski definition) is 6. The van der Waals surface area contributed by atoms with Crippen molar-refractivity contribution in [2.24, 2.45) is 0 Å². The smallest absolute Gasteiger partial charge is 0.268 e. The summed E-state index contributed by atoms with van der Waals surface area (Å²) in [6, 6.07) is -0.895. The van der Waals surface area contributed by atoms with Crippen LogP contribution in [0.15, 0.2) is 97.2 Å². The minimum Gasteiger partial charge on any atom is -0.756 e. The molecule has 1 amide bonds. The highest BCUT2D eigenvalue weighted by Gasteiger charge is 2.23. The number of aliphatic hydroxyl groups excluding tert-OH is 1. The van der Waals surface area contributed by atoms with Gasteiger partial charge in [-0.15, -0.1) is 0 Å². The van der Waals surface area contributed by atoms with E-state index in [0.29, 0.717) is 17.4 Å². The highest BCUT2D eigenvalue weighted by atomic mass is 31.2. The first-order valence-electron chi connectivity index (χ1n) is 26.6. The number of hydrogen-bond donors (Lipinski definition) is 2. The molecule has 0 rings (SSSR count). The number of unbranched alkanes of at least 4 members (excludes halogenated alkanes) is 20. The van der Waals surface area contributed by atoms with Crippen LogP contribution in [0.5, 0.6) is 0 Å². The second-order valence-corrected chi connectivity index (χ2v) is 20.3. The summed E-state index contributed by atoms with van der Waals surface area (Å²) in [4.78, 5) is 25.4. The van der Waals surface area contributed by atoms with Gasteiger partial charge in [0.2, 0.25) is 5.91 Å². The van der Waals surface area contributed by atoms with Crippen molar-refractivity contribution in [2.45, 2.75) is 219 Å². The van der Waals surface area contributed by atoms with E-state index in [2.05, 4.69) is 104 Å². The molecule has 0 aliphatic heterocycles. The average molecular weight is 941 g/mol. The Bertz CT molecular complexity index is 1390. The third-order valence-corrected chi connectivity index (χ3v) is 12.3. The number of nitrogens with one attached hydrogen (secondary N) is 1. The highest BCUT2D eigenvalue weighted by molar-refractivity contribution is 7.45. The Morgan fingerprint density at radius 2 is 0.924 bits per heavy atom. The molecule has 0 aliphatic carbocycles. The van der Waals surface area contributed by atoms with Crippen LogP contribution in [0.1, 0.15) is 206 Å². The van der Waals surface area contributed by atoms with Crippen LogP contribution >= 0.6 is 7.82 Å². The standard InChI is InChI=1S/C57H101N2O6P/c1-6-8-10-12-14-16-18-20-21-22-23-24-25-26-27-28-29-30-31-32-33-34-35-36-37-39-41-43-45-47-49-51-57(61)58-55(54-65-66(62,63)64-53-52-59(3,4)5)56(60)50-48-46-44-42-40-38-19-17-15-13-11-9-7-2/h8,10,14,16,20-21,23-24,26-27,29-30,32-33,48,50,55-56,60H,6-7,9,11-13,15,17-19,22,25,28,31,34-47,49,51-54H2,1-5H3,(H-,58,61,62,63)/b10-8-,16-14-,21-20-,24-23-,27-26-,30-29-,33-32-,50-48+. The van der Waals surface area contributed by atoms with Crippen LogP contribution in [-0.4, -0.2) is 68.5 Å². The van der Waals surface area contributed by atoms with Crippen molar-refractivity contribution in [3.8, 4) is 0 Å². The van der Waals surface area contributed by atoms with Crippen LogP contribution in [0.3, 0.4) is 0 Å². The van der Waals surface area contributed by atoms with Crippen LogP contribution in [0, 0.1) is 0 Å². The Morgan fingerprint density at radius 3 is 1.35 bits per heavy atom. The van der Waals surface area contributed by atoms with Gasteiger partial charge in [-0.1, -0.05) is 220 Å². The third kappa shape index (κ3) is 49.3. The second kappa shape index (κ2) is 47.5. The fraction of sp³-hybridized carbons (Fsp3) is 0.702. The molecule has 0 saturated carbocycles. The molecule has 380 valence electrons. The molecule has 3 atom stereocenters. The molecule has 66 heavy (non-hydrogen) atoms. The number of phosphoric acid groups is 1. The Kier molecular flexibility index (Phi) is 45.6. The van der Waals surface area contributed by atoms with Gasteiger partial charge in [0.1, 0.15) is 13.2 Å². The van der Waals surface area contributed by atoms with Crippen molar-refractivity contribution < 1.29 is 32.9 Å². The number of quaternary nitrogens is 1. The zero-order valence-electron chi connectivity index (χ0n) is 43.1. The van der Waals surface area contributed by atoms with E-state index in [1.54, 1.807) is 6.08 Å². The molecule has 0 radical (unpaired) electrons. The number of carbonyl (C=O) groups is 1.